The zero-order valence-electron chi connectivity index (χ0n) is 19.3. The Bertz CT molecular complexity index is 1220. The number of benzene rings is 1. The minimum atomic E-state index is -3.21. The molecule has 0 aliphatic carbocycles. The maximum Gasteiger partial charge on any atom is 0.338 e. The van der Waals surface area contributed by atoms with Crippen molar-refractivity contribution in [3.05, 3.63) is 65.1 Å². The van der Waals surface area contributed by atoms with Crippen LogP contribution in [0.25, 0.3) is 0 Å². The third kappa shape index (κ3) is 4.53. The smallest absolute Gasteiger partial charge is 0.338 e. The van der Waals surface area contributed by atoms with Gasteiger partial charge in [-0.25, -0.2) is 27.9 Å². The first-order valence-electron chi connectivity index (χ1n) is 10.7. The van der Waals surface area contributed by atoms with Crippen LogP contribution < -0.4 is 5.32 Å². The largest absolute Gasteiger partial charge is 0.480 e. The standard InChI is InChI=1S/C23H24F3N5O4/c1-22(13-4-6-14(24)7-5-13)17(21(34)35-3)15(28-18(29-22)19-27-8-9-30(19)2)11-31-12-23(25,26)10-16(31)20(32)33/h4-9,16H,10-12H2,1-3H3,(H,28,29)(H,32,33)/t16-,22-/m0/s1. The number of halogens is 3. The van der Waals surface area contributed by atoms with Crippen molar-refractivity contribution in [3.63, 3.8) is 0 Å². The Hall–Kier alpha value is -3.67. The number of nitrogens with zero attached hydrogens (tertiary/aromatic N) is 4. The average Bonchev–Trinajstić information content (AvgIpc) is 3.35. The predicted molar refractivity (Wildman–Crippen MR) is 118 cm³/mol. The van der Waals surface area contributed by atoms with Crippen molar-refractivity contribution in [1.29, 1.82) is 0 Å². The number of ether oxygens (including phenoxy) is 1. The summed E-state index contributed by atoms with van der Waals surface area (Å²) in [6, 6.07) is 3.91. The van der Waals surface area contributed by atoms with E-state index in [1.807, 2.05) is 0 Å². The topological polar surface area (TPSA) is 109 Å². The molecule has 1 aromatic heterocycles. The normalized spacial score (nSPS) is 24.2. The lowest BCUT2D eigenvalue weighted by molar-refractivity contribution is -0.142. The highest BCUT2D eigenvalue weighted by Gasteiger charge is 2.50. The van der Waals surface area contributed by atoms with Crippen LogP contribution in [0.2, 0.25) is 0 Å². The number of alkyl halides is 2. The molecule has 0 spiro atoms. The molecule has 12 heteroatoms. The first-order chi connectivity index (χ1) is 16.4. The van der Waals surface area contributed by atoms with E-state index < -0.39 is 48.2 Å². The number of carboxylic acid groups (broad SMARTS) is 1. The highest BCUT2D eigenvalue weighted by atomic mass is 19.3. The lowest BCUT2D eigenvalue weighted by Crippen LogP contribution is -2.47. The Kier molecular flexibility index (Phi) is 6.18. The number of hydrogen-bond acceptors (Lipinski definition) is 7. The number of aromatic nitrogens is 2. The van der Waals surface area contributed by atoms with Crippen LogP contribution in [-0.2, 0) is 26.9 Å². The number of aliphatic carboxylic acids is 1. The summed E-state index contributed by atoms with van der Waals surface area (Å²) in [5, 5.41) is 12.5. The molecule has 1 saturated heterocycles. The number of amidine groups is 1. The van der Waals surface area contributed by atoms with Crippen molar-refractivity contribution >= 4 is 17.8 Å². The highest BCUT2D eigenvalue weighted by molar-refractivity contribution is 6.02. The van der Waals surface area contributed by atoms with Crippen LogP contribution in [0.4, 0.5) is 13.2 Å². The molecule has 2 N–H and O–H groups in total. The summed E-state index contributed by atoms with van der Waals surface area (Å²) in [5.41, 5.74) is -0.861. The first-order valence-corrected chi connectivity index (χ1v) is 10.7. The number of aliphatic imine (C=N–C) groups is 1. The molecule has 9 nitrogen and oxygen atoms in total. The van der Waals surface area contributed by atoms with E-state index >= 15 is 0 Å². The third-order valence-corrected chi connectivity index (χ3v) is 6.24. The molecule has 2 aromatic rings. The van der Waals surface area contributed by atoms with Gasteiger partial charge in [0.25, 0.3) is 5.92 Å². The molecule has 1 fully saturated rings. The lowest BCUT2D eigenvalue weighted by Gasteiger charge is -2.36. The van der Waals surface area contributed by atoms with E-state index in [0.717, 1.165) is 4.90 Å². The molecular formula is C23H24F3N5O4. The summed E-state index contributed by atoms with van der Waals surface area (Å²) < 4.78 is 48.7. The van der Waals surface area contributed by atoms with E-state index in [4.69, 9.17) is 9.73 Å². The Balaban J connectivity index is 1.89. The molecular weight excluding hydrogens is 467 g/mol. The SMILES string of the molecule is COC(=O)C1=C(CN2CC(F)(F)C[C@H]2C(=O)O)NC(c2nccn2C)=N[C@@]1(C)c1ccc(F)cc1. The molecule has 186 valence electrons. The number of hydrogen-bond donors (Lipinski definition) is 2. The average molecular weight is 491 g/mol. The number of likely N-dealkylation sites (tertiary alicyclic amines) is 1. The summed E-state index contributed by atoms with van der Waals surface area (Å²) in [5.74, 6) is -5.27. The third-order valence-electron chi connectivity index (χ3n) is 6.24. The Morgan fingerprint density at radius 2 is 1.97 bits per heavy atom. The Morgan fingerprint density at radius 1 is 1.29 bits per heavy atom. The molecule has 3 heterocycles. The summed E-state index contributed by atoms with van der Waals surface area (Å²) in [7, 11) is 2.89. The van der Waals surface area contributed by atoms with Crippen LogP contribution in [-0.4, -0.2) is 69.5 Å². The van der Waals surface area contributed by atoms with Crippen LogP contribution in [0.15, 0.2) is 52.9 Å². The summed E-state index contributed by atoms with van der Waals surface area (Å²) >= 11 is 0. The van der Waals surface area contributed by atoms with Crippen molar-refractivity contribution in [1.82, 2.24) is 19.8 Å². The number of nitrogens with one attached hydrogen (secondary N) is 1. The number of aryl methyl sites for hydroxylation is 1. The van der Waals surface area contributed by atoms with Crippen LogP contribution in [0.1, 0.15) is 24.7 Å². The van der Waals surface area contributed by atoms with Gasteiger partial charge < -0.3 is 19.7 Å². The van der Waals surface area contributed by atoms with E-state index in [0.29, 0.717) is 11.4 Å². The van der Waals surface area contributed by atoms with E-state index in [1.54, 1.807) is 24.7 Å². The van der Waals surface area contributed by atoms with Gasteiger partial charge in [-0.05, 0) is 24.6 Å². The van der Waals surface area contributed by atoms with Gasteiger partial charge in [0, 0.05) is 38.1 Å². The van der Waals surface area contributed by atoms with Gasteiger partial charge >= 0.3 is 11.9 Å². The number of carbonyl (C=O) groups excluding carboxylic acids is 1. The molecule has 0 bridgehead atoms. The number of methoxy groups -OCH3 is 1. The van der Waals surface area contributed by atoms with Gasteiger partial charge in [0.15, 0.2) is 11.7 Å². The molecule has 0 radical (unpaired) electrons. The Morgan fingerprint density at radius 3 is 2.54 bits per heavy atom. The predicted octanol–water partition coefficient (Wildman–Crippen LogP) is 2.05. The molecule has 2 atom stereocenters. The summed E-state index contributed by atoms with van der Waals surface area (Å²) in [6.07, 6.45) is 2.36. The summed E-state index contributed by atoms with van der Waals surface area (Å²) in [6.45, 7) is 0.493. The van der Waals surface area contributed by atoms with Crippen LogP contribution >= 0.6 is 0 Å². The summed E-state index contributed by atoms with van der Waals surface area (Å²) in [4.78, 5) is 34.9. The van der Waals surface area contributed by atoms with Gasteiger partial charge in [0.2, 0.25) is 0 Å². The monoisotopic (exact) mass is 491 g/mol. The van der Waals surface area contributed by atoms with E-state index in [-0.39, 0.29) is 23.7 Å². The second kappa shape index (κ2) is 8.84. The van der Waals surface area contributed by atoms with Crippen LogP contribution in [0.3, 0.4) is 0 Å². The number of carbonyl (C=O) groups is 2. The minimum absolute atomic E-state index is 0.0103. The van der Waals surface area contributed by atoms with Gasteiger partial charge in [-0.3, -0.25) is 9.69 Å². The molecule has 0 saturated carbocycles. The quantitative estimate of drug-likeness (QED) is 0.596. The van der Waals surface area contributed by atoms with E-state index in [1.165, 1.54) is 37.6 Å². The van der Waals surface area contributed by atoms with Crippen molar-refractivity contribution < 1.29 is 32.6 Å². The minimum Gasteiger partial charge on any atom is -0.480 e. The second-order valence-corrected chi connectivity index (χ2v) is 8.69. The van der Waals surface area contributed by atoms with Crippen LogP contribution in [0.5, 0.6) is 0 Å². The molecule has 0 unspecified atom stereocenters. The fourth-order valence-electron chi connectivity index (χ4n) is 4.53. The van der Waals surface area contributed by atoms with Crippen molar-refractivity contribution in [2.45, 2.75) is 30.8 Å². The lowest BCUT2D eigenvalue weighted by atomic mass is 9.82. The van der Waals surface area contributed by atoms with E-state index in [9.17, 15) is 27.9 Å². The van der Waals surface area contributed by atoms with Gasteiger partial charge in [0.05, 0.1) is 19.2 Å². The van der Waals surface area contributed by atoms with Gasteiger partial charge in [-0.1, -0.05) is 12.1 Å². The zero-order valence-corrected chi connectivity index (χ0v) is 19.3. The number of esters is 1. The van der Waals surface area contributed by atoms with Gasteiger partial charge in [-0.2, -0.15) is 0 Å². The highest BCUT2D eigenvalue weighted by Crippen LogP contribution is 2.40. The van der Waals surface area contributed by atoms with Gasteiger partial charge in [-0.15, -0.1) is 0 Å². The fraction of sp³-hybridized carbons (Fsp3) is 0.391. The molecule has 4 rings (SSSR count). The van der Waals surface area contributed by atoms with Crippen molar-refractivity contribution in [2.75, 3.05) is 20.2 Å². The van der Waals surface area contributed by atoms with Crippen molar-refractivity contribution in [3.8, 4) is 0 Å². The number of imidazole rings is 1. The molecule has 35 heavy (non-hydrogen) atoms. The van der Waals surface area contributed by atoms with E-state index in [2.05, 4.69) is 10.3 Å². The maximum absolute atomic E-state index is 14.2. The fourth-order valence-corrected chi connectivity index (χ4v) is 4.53. The second-order valence-electron chi connectivity index (χ2n) is 8.69. The van der Waals surface area contributed by atoms with Crippen molar-refractivity contribution in [2.24, 2.45) is 12.0 Å². The Labute approximate surface area is 198 Å². The first kappa shape index (κ1) is 24.5. The van der Waals surface area contributed by atoms with Gasteiger partial charge in [0.1, 0.15) is 17.4 Å². The zero-order chi connectivity index (χ0) is 25.5. The number of carboxylic acids is 1. The molecule has 0 amide bonds. The number of rotatable bonds is 6. The molecule has 1 aromatic carbocycles. The molecule has 2 aliphatic heterocycles. The maximum atomic E-state index is 14.2. The van der Waals surface area contributed by atoms with Crippen LogP contribution in [0, 0.1) is 5.82 Å². The molecule has 2 aliphatic rings.